The molecule has 2 aromatic carbocycles. The van der Waals surface area contributed by atoms with Gasteiger partial charge in [-0.2, -0.15) is 10.2 Å². The van der Waals surface area contributed by atoms with Crippen molar-refractivity contribution < 1.29 is 0 Å². The fourth-order valence-corrected chi connectivity index (χ4v) is 4.85. The van der Waals surface area contributed by atoms with E-state index in [-0.39, 0.29) is 0 Å². The summed E-state index contributed by atoms with van der Waals surface area (Å²) in [5.41, 5.74) is 4.60. The molecule has 0 aliphatic rings. The average molecular weight is 493 g/mol. The SMILES string of the molecule is Cc1cccc(-n2c(CCCCCCCCc3n[nH]c(=S)n3-c3cccc(C)c3)n[nH]c2=S)c1. The van der Waals surface area contributed by atoms with Crippen molar-refractivity contribution in [3.05, 3.63) is 80.8 Å². The zero-order valence-electron chi connectivity index (χ0n) is 19.9. The third-order valence-electron chi connectivity index (χ3n) is 6.05. The molecular formula is C26H32N6S2. The van der Waals surface area contributed by atoms with Gasteiger partial charge in [-0.25, -0.2) is 0 Å². The number of aromatic amines is 2. The van der Waals surface area contributed by atoms with E-state index in [1.807, 2.05) is 0 Å². The normalized spacial score (nSPS) is 11.2. The minimum absolute atomic E-state index is 0.657. The van der Waals surface area contributed by atoms with Gasteiger partial charge >= 0.3 is 0 Å². The number of benzene rings is 2. The van der Waals surface area contributed by atoms with E-state index in [2.05, 4.69) is 91.9 Å². The molecule has 0 saturated heterocycles. The Hall–Kier alpha value is -2.84. The molecule has 0 aliphatic carbocycles. The Morgan fingerprint density at radius 1 is 0.647 bits per heavy atom. The lowest BCUT2D eigenvalue weighted by Gasteiger charge is -2.08. The Morgan fingerprint density at radius 2 is 1.06 bits per heavy atom. The molecule has 4 aromatic rings. The summed E-state index contributed by atoms with van der Waals surface area (Å²) < 4.78 is 5.43. The van der Waals surface area contributed by atoms with Gasteiger partial charge in [-0.3, -0.25) is 19.3 Å². The molecule has 178 valence electrons. The zero-order valence-corrected chi connectivity index (χ0v) is 21.5. The molecule has 8 heteroatoms. The van der Waals surface area contributed by atoms with Gasteiger partial charge in [0, 0.05) is 24.2 Å². The standard InChI is InChI=1S/C26H32N6S2/c1-19-11-9-13-21(17-19)31-23(27-29-25(31)33)15-7-5-3-4-6-8-16-24-28-30-26(34)32(24)22-14-10-12-20(2)18-22/h9-14,17-18H,3-8,15-16H2,1-2H3,(H,29,33)(H,30,34). The molecule has 0 bridgehead atoms. The highest BCUT2D eigenvalue weighted by Crippen LogP contribution is 2.17. The van der Waals surface area contributed by atoms with Crippen LogP contribution in [0.2, 0.25) is 0 Å². The predicted octanol–water partition coefficient (Wildman–Crippen LogP) is 6.92. The number of H-pyrrole nitrogens is 2. The van der Waals surface area contributed by atoms with E-state index >= 15 is 0 Å². The van der Waals surface area contributed by atoms with Crippen LogP contribution < -0.4 is 0 Å². The second-order valence-electron chi connectivity index (χ2n) is 8.86. The Bertz CT molecular complexity index is 1240. The Kier molecular flexibility index (Phi) is 8.24. The smallest absolute Gasteiger partial charge is 0.199 e. The van der Waals surface area contributed by atoms with Crippen LogP contribution in [0.1, 0.15) is 61.3 Å². The Labute approximate surface area is 211 Å². The van der Waals surface area contributed by atoms with Crippen molar-refractivity contribution in [1.82, 2.24) is 29.5 Å². The van der Waals surface area contributed by atoms with E-state index in [0.29, 0.717) is 9.54 Å². The first-order chi connectivity index (χ1) is 16.5. The first-order valence-electron chi connectivity index (χ1n) is 12.0. The maximum absolute atomic E-state index is 5.47. The molecule has 0 spiro atoms. The fourth-order valence-electron chi connectivity index (χ4n) is 4.33. The Balaban J connectivity index is 1.21. The number of nitrogens with one attached hydrogen (secondary N) is 2. The van der Waals surface area contributed by atoms with Gasteiger partial charge in [0.15, 0.2) is 9.54 Å². The van der Waals surface area contributed by atoms with Gasteiger partial charge in [0.1, 0.15) is 11.6 Å². The number of hydrogen-bond donors (Lipinski definition) is 2. The van der Waals surface area contributed by atoms with E-state index in [9.17, 15) is 0 Å². The molecule has 0 unspecified atom stereocenters. The zero-order chi connectivity index (χ0) is 23.9. The van der Waals surface area contributed by atoms with E-state index in [0.717, 1.165) is 48.7 Å². The largest absolute Gasteiger partial charge is 0.272 e. The van der Waals surface area contributed by atoms with Crippen molar-refractivity contribution >= 4 is 24.4 Å². The second-order valence-corrected chi connectivity index (χ2v) is 9.63. The average Bonchev–Trinajstić information content (AvgIpc) is 3.37. The summed E-state index contributed by atoms with van der Waals surface area (Å²) in [5.74, 6) is 2.02. The molecule has 2 N–H and O–H groups in total. The third kappa shape index (κ3) is 5.98. The van der Waals surface area contributed by atoms with Crippen molar-refractivity contribution in [3.8, 4) is 11.4 Å². The molecule has 0 amide bonds. The fraction of sp³-hybridized carbons (Fsp3) is 0.385. The van der Waals surface area contributed by atoms with Crippen molar-refractivity contribution in [2.75, 3.05) is 0 Å². The first kappa shape index (κ1) is 24.3. The topological polar surface area (TPSA) is 67.2 Å². The summed E-state index contributed by atoms with van der Waals surface area (Å²) in [7, 11) is 0. The number of aryl methyl sites for hydroxylation is 4. The number of hydrogen-bond acceptors (Lipinski definition) is 4. The maximum atomic E-state index is 5.47. The van der Waals surface area contributed by atoms with Gasteiger partial charge in [-0.05, 0) is 86.5 Å². The summed E-state index contributed by atoms with van der Waals surface area (Å²) in [6, 6.07) is 16.8. The van der Waals surface area contributed by atoms with Crippen LogP contribution in [0, 0.1) is 23.4 Å². The number of aromatic nitrogens is 6. The van der Waals surface area contributed by atoms with E-state index in [4.69, 9.17) is 24.4 Å². The van der Waals surface area contributed by atoms with Crippen LogP contribution in [0.3, 0.4) is 0 Å². The van der Waals surface area contributed by atoms with Gasteiger partial charge in [0.25, 0.3) is 0 Å². The van der Waals surface area contributed by atoms with Crippen LogP contribution >= 0.6 is 24.4 Å². The summed E-state index contributed by atoms with van der Waals surface area (Å²) in [6.07, 6.45) is 8.89. The van der Waals surface area contributed by atoms with E-state index in [1.54, 1.807) is 0 Å². The van der Waals surface area contributed by atoms with Gasteiger partial charge < -0.3 is 0 Å². The molecular weight excluding hydrogens is 460 g/mol. The van der Waals surface area contributed by atoms with Gasteiger partial charge in [-0.1, -0.05) is 49.9 Å². The molecule has 0 aliphatic heterocycles. The van der Waals surface area contributed by atoms with Gasteiger partial charge in [0.05, 0.1) is 0 Å². The van der Waals surface area contributed by atoms with Crippen LogP contribution in [0.5, 0.6) is 0 Å². The van der Waals surface area contributed by atoms with Gasteiger partial charge in [0.2, 0.25) is 0 Å². The van der Waals surface area contributed by atoms with Crippen LogP contribution in [0.25, 0.3) is 11.4 Å². The van der Waals surface area contributed by atoms with Crippen LogP contribution in [0.15, 0.2) is 48.5 Å². The quantitative estimate of drug-likeness (QED) is 0.176. The molecule has 0 atom stereocenters. The van der Waals surface area contributed by atoms with Crippen LogP contribution in [-0.2, 0) is 12.8 Å². The highest BCUT2D eigenvalue weighted by atomic mass is 32.1. The lowest BCUT2D eigenvalue weighted by molar-refractivity contribution is 0.580. The van der Waals surface area contributed by atoms with Crippen LogP contribution in [0.4, 0.5) is 0 Å². The molecule has 2 heterocycles. The second kappa shape index (κ2) is 11.5. The van der Waals surface area contributed by atoms with Crippen molar-refractivity contribution in [2.45, 2.75) is 65.2 Å². The predicted molar refractivity (Wildman–Crippen MR) is 142 cm³/mol. The molecule has 34 heavy (non-hydrogen) atoms. The highest BCUT2D eigenvalue weighted by molar-refractivity contribution is 7.71. The third-order valence-corrected chi connectivity index (χ3v) is 6.60. The van der Waals surface area contributed by atoms with Crippen molar-refractivity contribution in [1.29, 1.82) is 0 Å². The molecule has 6 nitrogen and oxygen atoms in total. The lowest BCUT2D eigenvalue weighted by Crippen LogP contribution is -2.02. The maximum Gasteiger partial charge on any atom is 0.199 e. The minimum atomic E-state index is 0.657. The summed E-state index contributed by atoms with van der Waals surface area (Å²) in [6.45, 7) is 4.19. The number of unbranched alkanes of at least 4 members (excludes halogenated alkanes) is 5. The Morgan fingerprint density at radius 3 is 1.47 bits per heavy atom. The van der Waals surface area contributed by atoms with Crippen molar-refractivity contribution in [2.24, 2.45) is 0 Å². The highest BCUT2D eigenvalue weighted by Gasteiger charge is 2.10. The van der Waals surface area contributed by atoms with Gasteiger partial charge in [-0.15, -0.1) is 0 Å². The summed E-state index contributed by atoms with van der Waals surface area (Å²) in [4.78, 5) is 0. The minimum Gasteiger partial charge on any atom is -0.272 e. The summed E-state index contributed by atoms with van der Waals surface area (Å²) in [5, 5.41) is 14.9. The molecule has 4 rings (SSSR count). The molecule has 2 aromatic heterocycles. The van der Waals surface area contributed by atoms with E-state index in [1.165, 1.54) is 36.8 Å². The molecule has 0 saturated carbocycles. The van der Waals surface area contributed by atoms with Crippen molar-refractivity contribution in [3.63, 3.8) is 0 Å². The lowest BCUT2D eigenvalue weighted by atomic mass is 10.1. The monoisotopic (exact) mass is 492 g/mol. The number of nitrogens with zero attached hydrogens (tertiary/aromatic N) is 4. The van der Waals surface area contributed by atoms with Crippen LogP contribution in [-0.4, -0.2) is 29.5 Å². The first-order valence-corrected chi connectivity index (χ1v) is 12.8. The molecule has 0 radical (unpaired) electrons. The molecule has 0 fully saturated rings. The summed E-state index contributed by atoms with van der Waals surface area (Å²) >= 11 is 10.9. The number of rotatable bonds is 11. The van der Waals surface area contributed by atoms with E-state index < -0.39 is 0 Å².